The van der Waals surface area contributed by atoms with E-state index in [4.69, 9.17) is 0 Å². The highest BCUT2D eigenvalue weighted by atomic mass is 16.7. The van der Waals surface area contributed by atoms with Crippen molar-refractivity contribution in [3.63, 3.8) is 0 Å². The van der Waals surface area contributed by atoms with E-state index in [0.717, 1.165) is 0 Å². The second kappa shape index (κ2) is 2.24. The van der Waals surface area contributed by atoms with Crippen molar-refractivity contribution in [2.24, 2.45) is 0 Å². The molecule has 0 spiro atoms. The van der Waals surface area contributed by atoms with Gasteiger partial charge in [-0.1, -0.05) is 0 Å². The van der Waals surface area contributed by atoms with Crippen molar-refractivity contribution in [1.82, 2.24) is 20.3 Å². The molecule has 58 valence electrons. The predicted molar refractivity (Wildman–Crippen MR) is 26.9 cm³/mol. The van der Waals surface area contributed by atoms with Gasteiger partial charge in [-0.2, -0.15) is 0 Å². The number of nitro groups is 2. The highest BCUT2D eigenvalue weighted by molar-refractivity contribution is 4.91. The minimum atomic E-state index is -1.04. The van der Waals surface area contributed by atoms with Crippen molar-refractivity contribution in [2.45, 2.75) is 0 Å². The first kappa shape index (κ1) is 6.98. The van der Waals surface area contributed by atoms with Crippen molar-refractivity contribution < 1.29 is 9.96 Å². The molecule has 0 unspecified atom stereocenters. The van der Waals surface area contributed by atoms with Gasteiger partial charge in [0.15, 0.2) is 10.0 Å². The zero-order chi connectivity index (χ0) is 8.43. The number of hydrogen-bond acceptors (Lipinski definition) is 7. The first-order chi connectivity index (χ1) is 5.11. The van der Waals surface area contributed by atoms with Gasteiger partial charge in [-0.05, 0) is 4.92 Å². The van der Waals surface area contributed by atoms with Crippen molar-refractivity contribution in [2.75, 3.05) is 0 Å². The number of aromatic nitrogens is 4. The fourth-order valence-corrected chi connectivity index (χ4v) is 0.342. The Morgan fingerprint density at radius 1 is 1.36 bits per heavy atom. The number of hydrogen-bond donors (Lipinski definition) is 0. The fraction of sp³-hybridized carbons (Fsp3) is 0. The van der Waals surface area contributed by atoms with Crippen LogP contribution >= 0.6 is 0 Å². The fourth-order valence-electron chi connectivity index (χ4n) is 0.342. The molecule has 0 radical (unpaired) electrons. The Bertz CT molecular complexity index is 273. The SMILES string of the molecule is O=[N+]([O-])c1nnn([N+](=O)[O-])n1. The molecule has 1 rings (SSSR count). The molecule has 0 fully saturated rings. The lowest BCUT2D eigenvalue weighted by Gasteiger charge is -1.84. The third kappa shape index (κ3) is 1.23. The summed E-state index contributed by atoms with van der Waals surface area (Å²) < 4.78 is 0. The average molecular weight is 160 g/mol. The minimum Gasteiger partial charge on any atom is -0.390 e. The van der Waals surface area contributed by atoms with Crippen LogP contribution in [0, 0.1) is 20.2 Å². The Labute approximate surface area is 57.7 Å². The van der Waals surface area contributed by atoms with Gasteiger partial charge in [0.1, 0.15) is 5.10 Å². The van der Waals surface area contributed by atoms with E-state index in [9.17, 15) is 20.2 Å². The van der Waals surface area contributed by atoms with E-state index < -0.39 is 15.9 Å². The largest absolute Gasteiger partial charge is 0.533 e. The number of rotatable bonds is 2. The molecule has 10 heteroatoms. The maximum atomic E-state index is 9.84. The van der Waals surface area contributed by atoms with E-state index in [1.165, 1.54) is 0 Å². The van der Waals surface area contributed by atoms with Crippen LogP contribution in [-0.2, 0) is 0 Å². The van der Waals surface area contributed by atoms with E-state index >= 15 is 0 Å². The van der Waals surface area contributed by atoms with Gasteiger partial charge in [0.2, 0.25) is 5.21 Å². The highest BCUT2D eigenvalue weighted by Crippen LogP contribution is 1.95. The zero-order valence-corrected chi connectivity index (χ0v) is 4.82. The molecule has 0 aliphatic rings. The molecule has 1 aromatic heterocycles. The van der Waals surface area contributed by atoms with Gasteiger partial charge in [0.25, 0.3) is 0 Å². The summed E-state index contributed by atoms with van der Waals surface area (Å²) in [5, 5.41) is 27.0. The second-order valence-electron chi connectivity index (χ2n) is 1.35. The zero-order valence-electron chi connectivity index (χ0n) is 4.82. The standard InChI is InChI=1S/CN6O4/c8-5(9)1-2-4-6(3-1)7(10)11. The Balaban J connectivity index is 2.99. The average Bonchev–Trinajstić information content (AvgIpc) is 2.33. The van der Waals surface area contributed by atoms with Crippen LogP contribution in [0.3, 0.4) is 0 Å². The maximum absolute atomic E-state index is 9.84. The van der Waals surface area contributed by atoms with Crippen LogP contribution in [-0.4, -0.2) is 30.3 Å². The van der Waals surface area contributed by atoms with Gasteiger partial charge in [-0.25, -0.2) is 0 Å². The van der Waals surface area contributed by atoms with Gasteiger partial charge in [-0.3, -0.25) is 0 Å². The Morgan fingerprint density at radius 3 is 2.27 bits per heavy atom. The maximum Gasteiger partial charge on any atom is 0.533 e. The molecule has 1 aromatic rings. The Hall–Kier alpha value is -2.13. The van der Waals surface area contributed by atoms with Gasteiger partial charge in [0.05, 0.1) is 0 Å². The predicted octanol–water partition coefficient (Wildman–Crippen LogP) is -1.38. The van der Waals surface area contributed by atoms with Crippen LogP contribution in [0.4, 0.5) is 5.95 Å². The summed E-state index contributed by atoms with van der Waals surface area (Å²) in [7, 11) is 0. The Morgan fingerprint density at radius 2 is 2.00 bits per heavy atom. The van der Waals surface area contributed by atoms with Crippen LogP contribution in [0.5, 0.6) is 0 Å². The van der Waals surface area contributed by atoms with Gasteiger partial charge in [-0.15, -0.1) is 0 Å². The van der Waals surface area contributed by atoms with Gasteiger partial charge >= 0.3 is 5.95 Å². The Kier molecular flexibility index (Phi) is 1.42. The third-order valence-electron chi connectivity index (χ3n) is 0.702. The quantitative estimate of drug-likeness (QED) is 0.384. The molecular weight excluding hydrogens is 160 g/mol. The van der Waals surface area contributed by atoms with Gasteiger partial charge < -0.3 is 20.2 Å². The summed E-state index contributed by atoms with van der Waals surface area (Å²) in [6, 6.07) is 0. The van der Waals surface area contributed by atoms with Crippen LogP contribution < -0.4 is 0 Å². The van der Waals surface area contributed by atoms with Crippen LogP contribution in [0.25, 0.3) is 0 Å². The molecule has 0 bridgehead atoms. The van der Waals surface area contributed by atoms with Crippen molar-refractivity contribution in [1.29, 1.82) is 0 Å². The molecule has 11 heavy (non-hydrogen) atoms. The van der Waals surface area contributed by atoms with Crippen LogP contribution in [0.2, 0.25) is 0 Å². The molecule has 0 aliphatic carbocycles. The molecule has 0 aliphatic heterocycles. The third-order valence-corrected chi connectivity index (χ3v) is 0.702. The van der Waals surface area contributed by atoms with Crippen LogP contribution in [0.15, 0.2) is 0 Å². The highest BCUT2D eigenvalue weighted by Gasteiger charge is 2.20. The van der Waals surface area contributed by atoms with Crippen molar-refractivity contribution in [3.8, 4) is 0 Å². The topological polar surface area (TPSA) is 130 Å². The summed E-state index contributed by atoms with van der Waals surface area (Å²) in [5.41, 5.74) is 0. The van der Waals surface area contributed by atoms with E-state index in [1.54, 1.807) is 0 Å². The summed E-state index contributed by atoms with van der Waals surface area (Å²) >= 11 is 0. The molecule has 0 amide bonds. The molecule has 0 aromatic carbocycles. The second-order valence-corrected chi connectivity index (χ2v) is 1.35. The smallest absolute Gasteiger partial charge is 0.390 e. The van der Waals surface area contributed by atoms with E-state index in [1.807, 2.05) is 0 Å². The van der Waals surface area contributed by atoms with E-state index in [0.29, 0.717) is 0 Å². The molecule has 1 heterocycles. The molecule has 0 atom stereocenters. The molecule has 0 saturated heterocycles. The first-order valence-electron chi connectivity index (χ1n) is 2.20. The number of tetrazole rings is 1. The van der Waals surface area contributed by atoms with Gasteiger partial charge in [0, 0.05) is 5.03 Å². The lowest BCUT2D eigenvalue weighted by atomic mass is 11.1. The lowest BCUT2D eigenvalue weighted by molar-refractivity contribution is -0.565. The van der Waals surface area contributed by atoms with E-state index in [-0.39, 0.29) is 4.91 Å². The lowest BCUT2D eigenvalue weighted by Crippen LogP contribution is -2.12. The van der Waals surface area contributed by atoms with Crippen molar-refractivity contribution in [3.05, 3.63) is 20.2 Å². The molecule has 0 saturated carbocycles. The van der Waals surface area contributed by atoms with E-state index in [2.05, 4.69) is 15.4 Å². The molecule has 10 nitrogen and oxygen atoms in total. The molecule has 0 N–H and O–H groups in total. The normalized spacial score (nSPS) is 9.45. The molecular formula is CN6O4. The number of nitrogens with zero attached hydrogens (tertiary/aromatic N) is 6. The minimum absolute atomic E-state index is 0.0852. The summed E-state index contributed by atoms with van der Waals surface area (Å²) in [6.07, 6.45) is 0. The first-order valence-corrected chi connectivity index (χ1v) is 2.20. The van der Waals surface area contributed by atoms with Crippen molar-refractivity contribution >= 4 is 5.95 Å². The summed E-state index contributed by atoms with van der Waals surface area (Å²) in [5.74, 6) is -0.901. The summed E-state index contributed by atoms with van der Waals surface area (Å²) in [4.78, 5) is 18.6. The summed E-state index contributed by atoms with van der Waals surface area (Å²) in [6.45, 7) is 0. The monoisotopic (exact) mass is 160 g/mol. The van der Waals surface area contributed by atoms with Crippen LogP contribution in [0.1, 0.15) is 0 Å².